The van der Waals surface area contributed by atoms with Gasteiger partial charge >= 0.3 is 0 Å². The Morgan fingerprint density at radius 1 is 1.73 bits per heavy atom. The van der Waals surface area contributed by atoms with Gasteiger partial charge in [0.15, 0.2) is 0 Å². The number of Topliss-reactive ketones (excluding diaryl/α,β-unsaturated/α-hetero) is 1. The normalized spacial score (nSPS) is 28.8. The van der Waals surface area contributed by atoms with Gasteiger partial charge in [-0.25, -0.2) is 0 Å². The van der Waals surface area contributed by atoms with E-state index in [-0.39, 0.29) is 18.2 Å². The highest BCUT2D eigenvalue weighted by molar-refractivity contribution is 5.84. The van der Waals surface area contributed by atoms with E-state index in [1.807, 2.05) is 0 Å². The Morgan fingerprint density at radius 3 is 2.73 bits per heavy atom. The molecule has 0 saturated carbocycles. The van der Waals surface area contributed by atoms with Crippen molar-refractivity contribution in [3.8, 4) is 0 Å². The third kappa shape index (κ3) is 1.99. The van der Waals surface area contributed by atoms with Gasteiger partial charge in [-0.3, -0.25) is 10.1 Å². The number of carbonyl (C=O) groups excluding carboxylic acids is 1. The lowest BCUT2D eigenvalue weighted by Gasteiger charge is -2.15. The molecule has 0 bridgehead atoms. The molecule has 0 aromatic rings. The molecule has 1 aliphatic rings. The summed E-state index contributed by atoms with van der Waals surface area (Å²) in [5.74, 6) is -1.79. The second kappa shape index (κ2) is 2.89. The molecule has 3 N–H and O–H groups in total. The van der Waals surface area contributed by atoms with Gasteiger partial charge in [0.1, 0.15) is 5.78 Å². The molecule has 1 rings (SSSR count). The molecular weight excluding hydrogens is 146 g/mol. The van der Waals surface area contributed by atoms with Crippen LogP contribution in [0, 0.1) is 0 Å². The minimum Gasteiger partial charge on any atom is -0.353 e. The monoisotopic (exact) mass is 159 g/mol. The van der Waals surface area contributed by atoms with Crippen LogP contribution >= 0.6 is 0 Å². The lowest BCUT2D eigenvalue weighted by Crippen LogP contribution is -2.45. The Morgan fingerprint density at radius 2 is 2.36 bits per heavy atom. The molecule has 1 fully saturated rings. The average molecular weight is 159 g/mol. The van der Waals surface area contributed by atoms with Gasteiger partial charge in [-0.05, 0) is 6.42 Å². The van der Waals surface area contributed by atoms with Gasteiger partial charge in [-0.15, -0.1) is 0 Å². The van der Waals surface area contributed by atoms with Crippen LogP contribution in [0.4, 0.5) is 0 Å². The van der Waals surface area contributed by atoms with Crippen LogP contribution in [-0.4, -0.2) is 27.9 Å². The van der Waals surface area contributed by atoms with Crippen molar-refractivity contribution in [2.24, 2.45) is 0 Å². The van der Waals surface area contributed by atoms with Crippen molar-refractivity contribution >= 4 is 5.78 Å². The summed E-state index contributed by atoms with van der Waals surface area (Å²) in [5, 5.41) is 20.4. The van der Waals surface area contributed by atoms with E-state index >= 15 is 0 Å². The molecule has 4 nitrogen and oxygen atoms in total. The molecule has 0 aliphatic carbocycles. The Labute approximate surface area is 65.2 Å². The van der Waals surface area contributed by atoms with Crippen LogP contribution in [0.2, 0.25) is 0 Å². The Hall–Kier alpha value is -0.450. The Kier molecular flexibility index (Phi) is 2.27. The first-order valence-corrected chi connectivity index (χ1v) is 3.80. The molecule has 1 unspecified atom stereocenters. The SMILES string of the molecule is CCC(=O)C1CCC(O)(O)N1. The van der Waals surface area contributed by atoms with E-state index in [9.17, 15) is 4.79 Å². The zero-order valence-corrected chi connectivity index (χ0v) is 6.50. The van der Waals surface area contributed by atoms with Gasteiger partial charge in [0.2, 0.25) is 5.91 Å². The van der Waals surface area contributed by atoms with E-state index in [0.29, 0.717) is 12.8 Å². The zero-order valence-electron chi connectivity index (χ0n) is 6.50. The van der Waals surface area contributed by atoms with E-state index in [1.165, 1.54) is 0 Å². The van der Waals surface area contributed by atoms with E-state index in [1.54, 1.807) is 6.92 Å². The number of hydrogen-bond acceptors (Lipinski definition) is 4. The molecule has 4 heteroatoms. The maximum absolute atomic E-state index is 11.0. The maximum atomic E-state index is 11.0. The Bertz CT molecular complexity index is 167. The number of rotatable bonds is 2. The molecule has 0 spiro atoms. The summed E-state index contributed by atoms with van der Waals surface area (Å²) in [6, 6.07) is -0.366. The number of hydrogen-bond donors (Lipinski definition) is 3. The average Bonchev–Trinajstić information content (AvgIpc) is 2.29. The van der Waals surface area contributed by atoms with E-state index in [0.717, 1.165) is 0 Å². The molecule has 0 aromatic carbocycles. The lowest BCUT2D eigenvalue weighted by atomic mass is 10.1. The fourth-order valence-corrected chi connectivity index (χ4v) is 1.26. The van der Waals surface area contributed by atoms with Crippen molar-refractivity contribution < 1.29 is 15.0 Å². The van der Waals surface area contributed by atoms with Gasteiger partial charge in [0.25, 0.3) is 0 Å². The highest BCUT2D eigenvalue weighted by Crippen LogP contribution is 2.18. The molecule has 0 amide bonds. The summed E-state index contributed by atoms with van der Waals surface area (Å²) in [4.78, 5) is 11.0. The zero-order chi connectivity index (χ0) is 8.48. The number of aliphatic hydroxyl groups is 2. The Balaban J connectivity index is 2.48. The summed E-state index contributed by atoms with van der Waals surface area (Å²) in [6.45, 7) is 1.76. The fraction of sp³-hybridized carbons (Fsp3) is 0.857. The number of carbonyl (C=O) groups is 1. The maximum Gasteiger partial charge on any atom is 0.222 e. The predicted octanol–water partition coefficient (Wildman–Crippen LogP) is -0.644. The smallest absolute Gasteiger partial charge is 0.222 e. The van der Waals surface area contributed by atoms with Crippen molar-refractivity contribution in [3.05, 3.63) is 0 Å². The van der Waals surface area contributed by atoms with Gasteiger partial charge in [-0.1, -0.05) is 6.92 Å². The van der Waals surface area contributed by atoms with E-state index in [4.69, 9.17) is 10.2 Å². The molecule has 0 radical (unpaired) electrons. The standard InChI is InChI=1S/C7H13NO3/c1-2-6(9)5-3-4-7(10,11)8-5/h5,8,10-11H,2-4H2,1H3. The largest absolute Gasteiger partial charge is 0.353 e. The van der Waals surface area contributed by atoms with Crippen molar-refractivity contribution in [1.29, 1.82) is 0 Å². The molecule has 11 heavy (non-hydrogen) atoms. The van der Waals surface area contributed by atoms with Crippen molar-refractivity contribution in [1.82, 2.24) is 5.32 Å². The van der Waals surface area contributed by atoms with Crippen LogP contribution in [0.25, 0.3) is 0 Å². The highest BCUT2D eigenvalue weighted by atomic mass is 16.5. The van der Waals surface area contributed by atoms with Gasteiger partial charge in [0, 0.05) is 12.8 Å². The molecule has 1 heterocycles. The molecule has 1 saturated heterocycles. The molecule has 64 valence electrons. The van der Waals surface area contributed by atoms with Crippen molar-refractivity contribution in [2.45, 2.75) is 38.1 Å². The van der Waals surface area contributed by atoms with Crippen molar-refractivity contribution in [3.63, 3.8) is 0 Å². The third-order valence-electron chi connectivity index (χ3n) is 1.92. The molecule has 1 aliphatic heterocycles. The first-order valence-electron chi connectivity index (χ1n) is 3.80. The molecule has 0 aromatic heterocycles. The second-order valence-corrected chi connectivity index (χ2v) is 2.87. The van der Waals surface area contributed by atoms with Crippen LogP contribution in [0.3, 0.4) is 0 Å². The summed E-state index contributed by atoms with van der Waals surface area (Å²) < 4.78 is 0. The van der Waals surface area contributed by atoms with Crippen LogP contribution < -0.4 is 5.32 Å². The van der Waals surface area contributed by atoms with Crippen LogP contribution in [0.1, 0.15) is 26.2 Å². The summed E-state index contributed by atoms with van der Waals surface area (Å²) >= 11 is 0. The van der Waals surface area contributed by atoms with E-state index < -0.39 is 5.91 Å². The predicted molar refractivity (Wildman–Crippen MR) is 38.6 cm³/mol. The number of nitrogens with one attached hydrogen (secondary N) is 1. The van der Waals surface area contributed by atoms with E-state index in [2.05, 4.69) is 5.32 Å². The highest BCUT2D eigenvalue weighted by Gasteiger charge is 2.36. The minimum absolute atomic E-state index is 0.0370. The first-order chi connectivity index (χ1) is 5.05. The summed E-state index contributed by atoms with van der Waals surface area (Å²) in [5.41, 5.74) is 0. The topological polar surface area (TPSA) is 69.6 Å². The second-order valence-electron chi connectivity index (χ2n) is 2.87. The summed E-state index contributed by atoms with van der Waals surface area (Å²) in [7, 11) is 0. The van der Waals surface area contributed by atoms with Gasteiger partial charge in [0.05, 0.1) is 6.04 Å². The first kappa shape index (κ1) is 8.64. The molecular formula is C7H13NO3. The van der Waals surface area contributed by atoms with Gasteiger partial charge < -0.3 is 10.2 Å². The van der Waals surface area contributed by atoms with Crippen LogP contribution in [-0.2, 0) is 4.79 Å². The van der Waals surface area contributed by atoms with Crippen molar-refractivity contribution in [2.75, 3.05) is 0 Å². The third-order valence-corrected chi connectivity index (χ3v) is 1.92. The quantitative estimate of drug-likeness (QED) is 0.468. The molecule has 1 atom stereocenters. The van der Waals surface area contributed by atoms with Gasteiger partial charge in [-0.2, -0.15) is 0 Å². The van der Waals surface area contributed by atoms with Crippen LogP contribution in [0.15, 0.2) is 0 Å². The minimum atomic E-state index is -1.82. The lowest BCUT2D eigenvalue weighted by molar-refractivity contribution is -0.174. The fourth-order valence-electron chi connectivity index (χ4n) is 1.26. The number of ketones is 1. The van der Waals surface area contributed by atoms with Crippen LogP contribution in [0.5, 0.6) is 0 Å². The summed E-state index contributed by atoms with van der Waals surface area (Å²) in [6.07, 6.45) is 1.18.